The second-order valence-corrected chi connectivity index (χ2v) is 9.48. The molecule has 0 N–H and O–H groups in total. The SMILES string of the molecule is C=CC(=O)N1CC2(CCN(c3nc4c(c(-c5cncc6ccccc56)n3)CCCC4)C2)C1. The average molecular weight is 426 g/mol. The van der Waals surface area contributed by atoms with Crippen LogP contribution >= 0.6 is 0 Å². The van der Waals surface area contributed by atoms with Crippen LogP contribution in [0.2, 0.25) is 0 Å². The van der Waals surface area contributed by atoms with Gasteiger partial charge in [-0.15, -0.1) is 0 Å². The second-order valence-electron chi connectivity index (χ2n) is 9.48. The summed E-state index contributed by atoms with van der Waals surface area (Å²) in [7, 11) is 0. The molecule has 6 heteroatoms. The smallest absolute Gasteiger partial charge is 0.245 e. The highest BCUT2D eigenvalue weighted by Crippen LogP contribution is 2.42. The van der Waals surface area contributed by atoms with E-state index in [0.717, 1.165) is 68.0 Å². The molecule has 0 radical (unpaired) electrons. The number of aryl methyl sites for hydroxylation is 1. The van der Waals surface area contributed by atoms with Crippen LogP contribution < -0.4 is 4.90 Å². The van der Waals surface area contributed by atoms with Gasteiger partial charge in [-0.3, -0.25) is 9.78 Å². The Morgan fingerprint density at radius 3 is 2.78 bits per heavy atom. The predicted molar refractivity (Wildman–Crippen MR) is 125 cm³/mol. The summed E-state index contributed by atoms with van der Waals surface area (Å²) in [5, 5.41) is 2.33. The maximum atomic E-state index is 11.9. The Labute approximate surface area is 188 Å². The summed E-state index contributed by atoms with van der Waals surface area (Å²) in [6.45, 7) is 7.06. The fourth-order valence-electron chi connectivity index (χ4n) is 5.66. The van der Waals surface area contributed by atoms with E-state index in [9.17, 15) is 4.79 Å². The molecule has 3 aromatic rings. The fourth-order valence-corrected chi connectivity index (χ4v) is 5.66. The summed E-state index contributed by atoms with van der Waals surface area (Å²) in [5.41, 5.74) is 4.80. The molecular weight excluding hydrogens is 398 g/mol. The highest BCUT2D eigenvalue weighted by Gasteiger charge is 2.49. The normalized spacial score (nSPS) is 19.1. The zero-order valence-electron chi connectivity index (χ0n) is 18.3. The molecule has 4 heterocycles. The monoisotopic (exact) mass is 425 g/mol. The predicted octanol–water partition coefficient (Wildman–Crippen LogP) is 3.80. The molecule has 6 rings (SSSR count). The van der Waals surface area contributed by atoms with Crippen molar-refractivity contribution in [1.82, 2.24) is 19.9 Å². The molecule has 1 aliphatic carbocycles. The molecule has 0 bridgehead atoms. The minimum atomic E-state index is 0.0323. The van der Waals surface area contributed by atoms with Crippen LogP contribution in [0.15, 0.2) is 49.3 Å². The van der Waals surface area contributed by atoms with Gasteiger partial charge in [0.2, 0.25) is 11.9 Å². The van der Waals surface area contributed by atoms with E-state index >= 15 is 0 Å². The molecule has 0 atom stereocenters. The average Bonchev–Trinajstić information content (AvgIpc) is 3.28. The van der Waals surface area contributed by atoms with Crippen molar-refractivity contribution in [2.24, 2.45) is 5.41 Å². The van der Waals surface area contributed by atoms with E-state index in [0.29, 0.717) is 0 Å². The molecule has 162 valence electrons. The Kier molecular flexibility index (Phi) is 4.49. The van der Waals surface area contributed by atoms with Gasteiger partial charge in [-0.05, 0) is 43.6 Å². The number of anilines is 1. The van der Waals surface area contributed by atoms with Gasteiger partial charge in [-0.1, -0.05) is 30.8 Å². The molecule has 1 spiro atoms. The van der Waals surface area contributed by atoms with Crippen molar-refractivity contribution in [3.63, 3.8) is 0 Å². The number of carbonyl (C=O) groups excluding carboxylic acids is 1. The number of hydrogen-bond acceptors (Lipinski definition) is 5. The van der Waals surface area contributed by atoms with Crippen LogP contribution in [-0.2, 0) is 17.6 Å². The first-order valence-corrected chi connectivity index (χ1v) is 11.6. The largest absolute Gasteiger partial charge is 0.340 e. The Hall–Kier alpha value is -3.28. The van der Waals surface area contributed by atoms with E-state index < -0.39 is 0 Å². The first-order chi connectivity index (χ1) is 15.7. The van der Waals surface area contributed by atoms with Crippen LogP contribution in [0.1, 0.15) is 30.5 Å². The lowest BCUT2D eigenvalue weighted by Gasteiger charge is -2.47. The molecule has 0 saturated carbocycles. The number of pyridine rings is 1. The molecule has 6 nitrogen and oxygen atoms in total. The van der Waals surface area contributed by atoms with E-state index in [2.05, 4.69) is 40.7 Å². The summed E-state index contributed by atoms with van der Waals surface area (Å²) >= 11 is 0. The van der Waals surface area contributed by atoms with E-state index in [1.807, 2.05) is 17.3 Å². The summed E-state index contributed by atoms with van der Waals surface area (Å²) in [5.74, 6) is 0.865. The minimum Gasteiger partial charge on any atom is -0.340 e. The minimum absolute atomic E-state index is 0.0323. The lowest BCUT2D eigenvalue weighted by atomic mass is 9.79. The van der Waals surface area contributed by atoms with E-state index in [4.69, 9.17) is 9.97 Å². The van der Waals surface area contributed by atoms with Gasteiger partial charge in [-0.25, -0.2) is 9.97 Å². The standard InChI is InChI=1S/C26H27N5O/c1-2-23(32)31-16-26(17-31)11-12-30(15-26)25-28-22-10-6-5-9-20(22)24(29-25)21-14-27-13-18-7-3-4-8-19(18)21/h2-4,7-8,13-14H,1,5-6,9-12,15-17H2. The van der Waals surface area contributed by atoms with Crippen molar-refractivity contribution in [2.75, 3.05) is 31.1 Å². The highest BCUT2D eigenvalue weighted by molar-refractivity contribution is 5.95. The quantitative estimate of drug-likeness (QED) is 0.598. The van der Waals surface area contributed by atoms with Crippen LogP contribution in [0.5, 0.6) is 0 Å². The Morgan fingerprint density at radius 2 is 1.91 bits per heavy atom. The second kappa shape index (κ2) is 7.40. The van der Waals surface area contributed by atoms with Crippen molar-refractivity contribution in [2.45, 2.75) is 32.1 Å². The lowest BCUT2D eigenvalue weighted by Crippen LogP contribution is -2.59. The van der Waals surface area contributed by atoms with Crippen LogP contribution in [0.3, 0.4) is 0 Å². The van der Waals surface area contributed by atoms with Crippen LogP contribution in [0.25, 0.3) is 22.0 Å². The number of hydrogen-bond donors (Lipinski definition) is 0. The number of likely N-dealkylation sites (tertiary alicyclic amines) is 1. The summed E-state index contributed by atoms with van der Waals surface area (Å²) in [6.07, 6.45) is 10.8. The molecule has 2 aromatic heterocycles. The maximum Gasteiger partial charge on any atom is 0.245 e. The zero-order valence-corrected chi connectivity index (χ0v) is 18.3. The van der Waals surface area contributed by atoms with Crippen molar-refractivity contribution in [3.05, 3.63) is 60.6 Å². The van der Waals surface area contributed by atoms with E-state index in [-0.39, 0.29) is 11.3 Å². The summed E-state index contributed by atoms with van der Waals surface area (Å²) in [4.78, 5) is 30.9. The third kappa shape index (κ3) is 3.08. The Bertz CT molecular complexity index is 1220. The first kappa shape index (κ1) is 19.4. The van der Waals surface area contributed by atoms with Gasteiger partial charge in [0.1, 0.15) is 0 Å². The number of amides is 1. The fraction of sp³-hybridized carbons (Fsp3) is 0.385. The number of aromatic nitrogens is 3. The van der Waals surface area contributed by atoms with Gasteiger partial charge >= 0.3 is 0 Å². The highest BCUT2D eigenvalue weighted by atomic mass is 16.2. The molecule has 1 aromatic carbocycles. The van der Waals surface area contributed by atoms with E-state index in [1.165, 1.54) is 35.6 Å². The van der Waals surface area contributed by atoms with Crippen molar-refractivity contribution < 1.29 is 4.79 Å². The number of fused-ring (bicyclic) bond motifs is 2. The van der Waals surface area contributed by atoms with Gasteiger partial charge in [0, 0.05) is 66.2 Å². The number of benzene rings is 1. The van der Waals surface area contributed by atoms with Gasteiger partial charge in [0.25, 0.3) is 0 Å². The van der Waals surface area contributed by atoms with Gasteiger partial charge in [0.05, 0.1) is 5.69 Å². The van der Waals surface area contributed by atoms with Crippen LogP contribution in [-0.4, -0.2) is 51.9 Å². The van der Waals surface area contributed by atoms with Crippen LogP contribution in [0.4, 0.5) is 5.95 Å². The van der Waals surface area contributed by atoms with Crippen molar-refractivity contribution in [1.29, 1.82) is 0 Å². The molecule has 2 aliphatic heterocycles. The lowest BCUT2D eigenvalue weighted by molar-refractivity contribution is -0.136. The topological polar surface area (TPSA) is 62.2 Å². The van der Waals surface area contributed by atoms with Crippen molar-refractivity contribution in [3.8, 4) is 11.3 Å². The number of nitrogens with zero attached hydrogens (tertiary/aromatic N) is 5. The number of rotatable bonds is 3. The Balaban J connectivity index is 1.38. The molecular formula is C26H27N5O. The first-order valence-electron chi connectivity index (χ1n) is 11.6. The van der Waals surface area contributed by atoms with Gasteiger partial charge in [0.15, 0.2) is 0 Å². The molecule has 32 heavy (non-hydrogen) atoms. The van der Waals surface area contributed by atoms with Gasteiger partial charge in [-0.2, -0.15) is 0 Å². The van der Waals surface area contributed by atoms with Gasteiger partial charge < -0.3 is 9.80 Å². The molecule has 3 aliphatic rings. The maximum absolute atomic E-state index is 11.9. The van der Waals surface area contributed by atoms with E-state index in [1.54, 1.807) is 0 Å². The number of carbonyl (C=O) groups is 1. The zero-order chi connectivity index (χ0) is 21.7. The molecule has 2 fully saturated rings. The van der Waals surface area contributed by atoms with Crippen molar-refractivity contribution >= 4 is 22.6 Å². The van der Waals surface area contributed by atoms with Crippen LogP contribution in [0, 0.1) is 5.41 Å². The third-order valence-corrected chi connectivity index (χ3v) is 7.35. The molecule has 0 unspecified atom stereocenters. The third-order valence-electron chi connectivity index (χ3n) is 7.35. The summed E-state index contributed by atoms with van der Waals surface area (Å²) < 4.78 is 0. The summed E-state index contributed by atoms with van der Waals surface area (Å²) in [6, 6.07) is 8.40. The Morgan fingerprint density at radius 1 is 1.06 bits per heavy atom. The molecule has 1 amide bonds. The molecule has 2 saturated heterocycles.